The van der Waals surface area contributed by atoms with Crippen molar-refractivity contribution < 1.29 is 8.42 Å². The van der Waals surface area contributed by atoms with E-state index in [1.807, 2.05) is 6.07 Å². The van der Waals surface area contributed by atoms with E-state index in [9.17, 15) is 8.42 Å². The predicted octanol–water partition coefficient (Wildman–Crippen LogP) is 3.05. The first-order valence-electron chi connectivity index (χ1n) is 8.83. The lowest BCUT2D eigenvalue weighted by Gasteiger charge is -2.38. The van der Waals surface area contributed by atoms with Gasteiger partial charge in [0.25, 0.3) is 0 Å². The van der Waals surface area contributed by atoms with Crippen molar-refractivity contribution in [2.24, 2.45) is 5.92 Å². The summed E-state index contributed by atoms with van der Waals surface area (Å²) in [4.78, 5) is 2.72. The fourth-order valence-corrected chi connectivity index (χ4v) is 4.54. The standard InChI is InChI=1S/C20H26N2O2S/c1-16(2)20(14-21-25(23,24)19-10-4-3-5-11-19)22-13-12-17-8-6-7-9-18(17)15-22/h3-11,16,20-21H,12-15H2,1-2H3. The first-order chi connectivity index (χ1) is 12.0. The zero-order chi connectivity index (χ0) is 17.9. The van der Waals surface area contributed by atoms with Gasteiger partial charge >= 0.3 is 0 Å². The maximum Gasteiger partial charge on any atom is 0.240 e. The Morgan fingerprint density at radius 3 is 2.32 bits per heavy atom. The molecule has 5 heteroatoms. The largest absolute Gasteiger partial charge is 0.294 e. The van der Waals surface area contributed by atoms with Crippen LogP contribution in [0.4, 0.5) is 0 Å². The quantitative estimate of drug-likeness (QED) is 0.863. The van der Waals surface area contributed by atoms with Crippen molar-refractivity contribution >= 4 is 10.0 Å². The molecule has 2 aromatic carbocycles. The average Bonchev–Trinajstić information content (AvgIpc) is 2.62. The minimum atomic E-state index is -3.46. The minimum absolute atomic E-state index is 0.173. The van der Waals surface area contributed by atoms with Gasteiger partial charge in [-0.25, -0.2) is 13.1 Å². The van der Waals surface area contributed by atoms with Gasteiger partial charge in [-0.1, -0.05) is 56.3 Å². The molecule has 0 saturated heterocycles. The lowest BCUT2D eigenvalue weighted by molar-refractivity contribution is 0.141. The summed E-state index contributed by atoms with van der Waals surface area (Å²) in [6, 6.07) is 17.3. The van der Waals surface area contributed by atoms with Gasteiger partial charge in [-0.15, -0.1) is 0 Å². The summed E-state index contributed by atoms with van der Waals surface area (Å²) in [6.45, 7) is 6.58. The first-order valence-corrected chi connectivity index (χ1v) is 10.3. The second kappa shape index (κ2) is 7.68. The summed E-state index contributed by atoms with van der Waals surface area (Å²) < 4.78 is 27.8. The highest BCUT2D eigenvalue weighted by molar-refractivity contribution is 7.89. The molecule has 1 heterocycles. The van der Waals surface area contributed by atoms with Crippen LogP contribution in [0.1, 0.15) is 25.0 Å². The number of fused-ring (bicyclic) bond motifs is 1. The highest BCUT2D eigenvalue weighted by atomic mass is 32.2. The molecule has 0 amide bonds. The van der Waals surface area contributed by atoms with Crippen LogP contribution in [0, 0.1) is 5.92 Å². The van der Waals surface area contributed by atoms with Crippen molar-refractivity contribution in [1.29, 1.82) is 0 Å². The Balaban J connectivity index is 1.71. The van der Waals surface area contributed by atoms with Crippen molar-refractivity contribution in [3.8, 4) is 0 Å². The zero-order valence-corrected chi connectivity index (χ0v) is 15.7. The van der Waals surface area contributed by atoms with E-state index >= 15 is 0 Å². The molecular formula is C20H26N2O2S. The van der Waals surface area contributed by atoms with E-state index in [1.54, 1.807) is 24.3 Å². The van der Waals surface area contributed by atoms with Gasteiger partial charge < -0.3 is 0 Å². The summed E-state index contributed by atoms with van der Waals surface area (Å²) in [7, 11) is -3.46. The Labute approximate surface area is 150 Å². The number of hydrogen-bond donors (Lipinski definition) is 1. The molecule has 1 atom stereocenters. The molecule has 2 aromatic rings. The number of rotatable bonds is 6. The maximum atomic E-state index is 12.5. The van der Waals surface area contributed by atoms with Crippen LogP contribution in [-0.4, -0.2) is 32.4 Å². The van der Waals surface area contributed by atoms with Gasteiger partial charge in [0.05, 0.1) is 4.90 Å². The van der Waals surface area contributed by atoms with E-state index < -0.39 is 10.0 Å². The lowest BCUT2D eigenvalue weighted by Crippen LogP contribution is -2.48. The topological polar surface area (TPSA) is 49.4 Å². The van der Waals surface area contributed by atoms with E-state index in [2.05, 4.69) is 47.7 Å². The van der Waals surface area contributed by atoms with E-state index in [4.69, 9.17) is 0 Å². The average molecular weight is 359 g/mol. The molecule has 0 aromatic heterocycles. The molecule has 0 fully saturated rings. The summed E-state index contributed by atoms with van der Waals surface area (Å²) in [6.07, 6.45) is 1.02. The van der Waals surface area contributed by atoms with Gasteiger partial charge in [-0.3, -0.25) is 4.90 Å². The van der Waals surface area contributed by atoms with Gasteiger partial charge in [0.2, 0.25) is 10.0 Å². The Bertz CT molecular complexity index is 803. The van der Waals surface area contributed by atoms with Crippen LogP contribution in [0.2, 0.25) is 0 Å². The van der Waals surface area contributed by atoms with Crippen LogP contribution in [0.3, 0.4) is 0 Å². The van der Waals surface area contributed by atoms with Gasteiger partial charge in [-0.2, -0.15) is 0 Å². The molecule has 25 heavy (non-hydrogen) atoms. The third kappa shape index (κ3) is 4.29. The van der Waals surface area contributed by atoms with E-state index in [0.29, 0.717) is 17.4 Å². The molecule has 134 valence electrons. The highest BCUT2D eigenvalue weighted by Crippen LogP contribution is 2.23. The number of sulfonamides is 1. The van der Waals surface area contributed by atoms with Crippen LogP contribution < -0.4 is 4.72 Å². The number of nitrogens with one attached hydrogen (secondary N) is 1. The molecule has 1 N–H and O–H groups in total. The van der Waals surface area contributed by atoms with Crippen LogP contribution in [0.15, 0.2) is 59.5 Å². The molecule has 0 bridgehead atoms. The molecule has 3 rings (SSSR count). The second-order valence-electron chi connectivity index (χ2n) is 6.97. The molecule has 1 aliphatic rings. The lowest BCUT2D eigenvalue weighted by atomic mass is 9.95. The van der Waals surface area contributed by atoms with E-state index in [0.717, 1.165) is 19.5 Å². The van der Waals surface area contributed by atoms with E-state index in [1.165, 1.54) is 11.1 Å². The van der Waals surface area contributed by atoms with Gasteiger partial charge in [0, 0.05) is 25.7 Å². The van der Waals surface area contributed by atoms with Crippen molar-refractivity contribution in [3.63, 3.8) is 0 Å². The zero-order valence-electron chi connectivity index (χ0n) is 14.9. The number of hydrogen-bond acceptors (Lipinski definition) is 3. The smallest absolute Gasteiger partial charge is 0.240 e. The van der Waals surface area contributed by atoms with Gasteiger partial charge in [0.1, 0.15) is 0 Å². The summed E-state index contributed by atoms with van der Waals surface area (Å²) >= 11 is 0. The Morgan fingerprint density at radius 1 is 1.00 bits per heavy atom. The molecule has 0 radical (unpaired) electrons. The number of benzene rings is 2. The second-order valence-corrected chi connectivity index (χ2v) is 8.73. The van der Waals surface area contributed by atoms with Crippen LogP contribution in [-0.2, 0) is 23.0 Å². The van der Waals surface area contributed by atoms with Crippen molar-refractivity contribution in [2.75, 3.05) is 13.1 Å². The fraction of sp³-hybridized carbons (Fsp3) is 0.400. The molecule has 0 aliphatic carbocycles. The van der Waals surface area contributed by atoms with E-state index in [-0.39, 0.29) is 6.04 Å². The van der Waals surface area contributed by atoms with Crippen molar-refractivity contribution in [3.05, 3.63) is 65.7 Å². The van der Waals surface area contributed by atoms with Gasteiger partial charge in [0.15, 0.2) is 0 Å². The van der Waals surface area contributed by atoms with Gasteiger partial charge in [-0.05, 0) is 35.6 Å². The monoisotopic (exact) mass is 358 g/mol. The number of nitrogens with zero attached hydrogens (tertiary/aromatic N) is 1. The van der Waals surface area contributed by atoms with Crippen LogP contribution in [0.25, 0.3) is 0 Å². The SMILES string of the molecule is CC(C)C(CNS(=O)(=O)c1ccccc1)N1CCc2ccccc2C1. The summed E-state index contributed by atoms with van der Waals surface area (Å²) in [5.41, 5.74) is 2.76. The molecule has 0 spiro atoms. The maximum absolute atomic E-state index is 12.5. The highest BCUT2D eigenvalue weighted by Gasteiger charge is 2.27. The Hall–Kier alpha value is -1.69. The Kier molecular flexibility index (Phi) is 5.57. The Morgan fingerprint density at radius 2 is 1.64 bits per heavy atom. The first kappa shape index (κ1) is 18.1. The summed E-state index contributed by atoms with van der Waals surface area (Å²) in [5, 5.41) is 0. The molecular weight excluding hydrogens is 332 g/mol. The molecule has 1 unspecified atom stereocenters. The predicted molar refractivity (Wildman–Crippen MR) is 101 cm³/mol. The normalized spacial score (nSPS) is 16.6. The van der Waals surface area contributed by atoms with Crippen LogP contribution in [0.5, 0.6) is 0 Å². The third-order valence-electron chi connectivity index (χ3n) is 4.93. The minimum Gasteiger partial charge on any atom is -0.294 e. The van der Waals surface area contributed by atoms with Crippen molar-refractivity contribution in [2.45, 2.75) is 37.8 Å². The molecule has 1 aliphatic heterocycles. The third-order valence-corrected chi connectivity index (χ3v) is 6.37. The molecule has 0 saturated carbocycles. The molecule has 4 nitrogen and oxygen atoms in total. The van der Waals surface area contributed by atoms with Crippen molar-refractivity contribution in [1.82, 2.24) is 9.62 Å². The van der Waals surface area contributed by atoms with Crippen LogP contribution >= 0.6 is 0 Å². The summed E-state index contributed by atoms with van der Waals surface area (Å²) in [5.74, 6) is 0.365. The fourth-order valence-electron chi connectivity index (χ4n) is 3.47.